The maximum Gasteiger partial charge on any atom is 0.230 e. The van der Waals surface area contributed by atoms with Gasteiger partial charge in [-0.1, -0.05) is 42.0 Å². The number of rotatable bonds is 7. The standard InChI is InChI=1S/C19H21N3OS/c1-14-5-4-6-15(11-14)12-24-13-19(23)20-10-9-18-21-16-7-2-3-8-17(16)22-18/h2-8,11H,9-10,12-13H2,1H3,(H,20,23)(H,21,22). The van der Waals surface area contributed by atoms with Crippen molar-refractivity contribution in [2.24, 2.45) is 0 Å². The van der Waals surface area contributed by atoms with Crippen molar-refractivity contribution in [3.05, 3.63) is 65.5 Å². The summed E-state index contributed by atoms with van der Waals surface area (Å²) >= 11 is 1.64. The number of carbonyl (C=O) groups excluding carboxylic acids is 1. The van der Waals surface area contributed by atoms with Gasteiger partial charge >= 0.3 is 0 Å². The number of fused-ring (bicyclic) bond motifs is 1. The van der Waals surface area contributed by atoms with Crippen LogP contribution in [0.15, 0.2) is 48.5 Å². The normalized spacial score (nSPS) is 10.9. The number of nitrogens with zero attached hydrogens (tertiary/aromatic N) is 1. The predicted molar refractivity (Wildman–Crippen MR) is 100 cm³/mol. The molecule has 0 saturated heterocycles. The number of hydrogen-bond acceptors (Lipinski definition) is 3. The number of para-hydroxylation sites is 2. The molecule has 2 aromatic carbocycles. The Kier molecular flexibility index (Phi) is 5.54. The predicted octanol–water partition coefficient (Wildman–Crippen LogP) is 3.46. The monoisotopic (exact) mass is 339 g/mol. The largest absolute Gasteiger partial charge is 0.355 e. The van der Waals surface area contributed by atoms with Gasteiger partial charge in [-0.3, -0.25) is 4.79 Å². The van der Waals surface area contributed by atoms with Crippen molar-refractivity contribution in [2.45, 2.75) is 19.1 Å². The summed E-state index contributed by atoms with van der Waals surface area (Å²) in [7, 11) is 0. The van der Waals surface area contributed by atoms with Crippen LogP contribution in [-0.2, 0) is 17.0 Å². The second-order valence-corrected chi connectivity index (χ2v) is 6.77. The molecule has 124 valence electrons. The maximum atomic E-state index is 11.9. The van der Waals surface area contributed by atoms with Crippen LogP contribution in [-0.4, -0.2) is 28.2 Å². The first-order valence-corrected chi connectivity index (χ1v) is 9.20. The van der Waals surface area contributed by atoms with Gasteiger partial charge in [0.15, 0.2) is 0 Å². The molecule has 1 aromatic heterocycles. The number of aryl methyl sites for hydroxylation is 1. The zero-order chi connectivity index (χ0) is 16.8. The van der Waals surface area contributed by atoms with Crippen molar-refractivity contribution in [3.8, 4) is 0 Å². The minimum atomic E-state index is 0.0729. The molecule has 0 unspecified atom stereocenters. The average molecular weight is 339 g/mol. The summed E-state index contributed by atoms with van der Waals surface area (Å²) in [5.41, 5.74) is 4.51. The first-order valence-electron chi connectivity index (χ1n) is 8.04. The highest BCUT2D eigenvalue weighted by atomic mass is 32.2. The van der Waals surface area contributed by atoms with Gasteiger partial charge in [0.05, 0.1) is 16.8 Å². The molecule has 1 heterocycles. The lowest BCUT2D eigenvalue weighted by molar-refractivity contribution is -0.118. The Balaban J connectivity index is 1.38. The lowest BCUT2D eigenvalue weighted by Crippen LogP contribution is -2.27. The highest BCUT2D eigenvalue weighted by Crippen LogP contribution is 2.13. The Labute approximate surface area is 146 Å². The lowest BCUT2D eigenvalue weighted by Gasteiger charge is -2.05. The number of nitrogens with one attached hydrogen (secondary N) is 2. The van der Waals surface area contributed by atoms with Crippen LogP contribution in [0, 0.1) is 6.92 Å². The lowest BCUT2D eigenvalue weighted by atomic mass is 10.2. The molecule has 0 aliphatic rings. The topological polar surface area (TPSA) is 57.8 Å². The third-order valence-corrected chi connectivity index (χ3v) is 4.71. The van der Waals surface area contributed by atoms with Crippen LogP contribution in [0.3, 0.4) is 0 Å². The van der Waals surface area contributed by atoms with E-state index in [2.05, 4.69) is 46.5 Å². The smallest absolute Gasteiger partial charge is 0.230 e. The molecule has 0 saturated carbocycles. The van der Waals surface area contributed by atoms with E-state index in [0.717, 1.165) is 22.6 Å². The van der Waals surface area contributed by atoms with E-state index < -0.39 is 0 Å². The first-order chi connectivity index (χ1) is 11.7. The molecule has 5 heteroatoms. The summed E-state index contributed by atoms with van der Waals surface area (Å²) < 4.78 is 0. The third-order valence-electron chi connectivity index (χ3n) is 3.71. The van der Waals surface area contributed by atoms with E-state index in [9.17, 15) is 4.79 Å². The zero-order valence-electron chi connectivity index (χ0n) is 13.7. The third kappa shape index (κ3) is 4.61. The van der Waals surface area contributed by atoms with Crippen LogP contribution in [0.1, 0.15) is 17.0 Å². The van der Waals surface area contributed by atoms with Crippen molar-refractivity contribution >= 4 is 28.7 Å². The number of aromatic nitrogens is 2. The summed E-state index contributed by atoms with van der Waals surface area (Å²) in [4.78, 5) is 19.7. The van der Waals surface area contributed by atoms with Gasteiger partial charge in [0.1, 0.15) is 5.82 Å². The van der Waals surface area contributed by atoms with Gasteiger partial charge < -0.3 is 10.3 Å². The van der Waals surface area contributed by atoms with Crippen LogP contribution >= 0.6 is 11.8 Å². The molecule has 0 bridgehead atoms. The summed E-state index contributed by atoms with van der Waals surface area (Å²) in [5.74, 6) is 2.32. The molecule has 0 fully saturated rings. The zero-order valence-corrected chi connectivity index (χ0v) is 14.5. The number of carbonyl (C=O) groups is 1. The van der Waals surface area contributed by atoms with Crippen molar-refractivity contribution in [1.82, 2.24) is 15.3 Å². The fraction of sp³-hybridized carbons (Fsp3) is 0.263. The first kappa shape index (κ1) is 16.6. The quantitative estimate of drug-likeness (QED) is 0.693. The van der Waals surface area contributed by atoms with Gasteiger partial charge in [-0.25, -0.2) is 4.98 Å². The van der Waals surface area contributed by atoms with E-state index in [0.29, 0.717) is 18.7 Å². The van der Waals surface area contributed by atoms with Crippen LogP contribution in [0.2, 0.25) is 0 Å². The second kappa shape index (κ2) is 8.02. The van der Waals surface area contributed by atoms with Crippen molar-refractivity contribution in [2.75, 3.05) is 12.3 Å². The minimum absolute atomic E-state index is 0.0729. The van der Waals surface area contributed by atoms with Gasteiger partial charge in [-0.05, 0) is 24.6 Å². The molecule has 0 radical (unpaired) electrons. The molecule has 24 heavy (non-hydrogen) atoms. The summed E-state index contributed by atoms with van der Waals surface area (Å²) in [6.07, 6.45) is 0.711. The minimum Gasteiger partial charge on any atom is -0.355 e. The number of thioether (sulfide) groups is 1. The fourth-order valence-electron chi connectivity index (χ4n) is 2.56. The number of imidazole rings is 1. The Hall–Kier alpha value is -2.27. The van der Waals surface area contributed by atoms with Gasteiger partial charge in [-0.15, -0.1) is 11.8 Å². The molecule has 0 spiro atoms. The van der Waals surface area contributed by atoms with E-state index in [1.165, 1.54) is 11.1 Å². The van der Waals surface area contributed by atoms with Crippen molar-refractivity contribution in [3.63, 3.8) is 0 Å². The number of aromatic amines is 1. The van der Waals surface area contributed by atoms with E-state index in [-0.39, 0.29) is 5.91 Å². The maximum absolute atomic E-state index is 11.9. The van der Waals surface area contributed by atoms with Gasteiger partial charge in [0.2, 0.25) is 5.91 Å². The number of hydrogen-bond donors (Lipinski definition) is 2. The Morgan fingerprint density at radius 1 is 1.21 bits per heavy atom. The molecule has 0 aliphatic carbocycles. The Morgan fingerprint density at radius 3 is 2.92 bits per heavy atom. The second-order valence-electron chi connectivity index (χ2n) is 5.78. The SMILES string of the molecule is Cc1cccc(CSCC(=O)NCCc2nc3ccccc3[nH]2)c1. The summed E-state index contributed by atoms with van der Waals surface area (Å²) in [5, 5.41) is 2.95. The molecule has 3 aromatic rings. The Morgan fingerprint density at radius 2 is 2.08 bits per heavy atom. The van der Waals surface area contributed by atoms with Gasteiger partial charge in [-0.2, -0.15) is 0 Å². The van der Waals surface area contributed by atoms with E-state index in [1.807, 2.05) is 24.3 Å². The number of amides is 1. The molecule has 3 rings (SSSR count). The fourth-order valence-corrected chi connectivity index (χ4v) is 3.36. The average Bonchev–Trinajstić information content (AvgIpc) is 2.97. The van der Waals surface area contributed by atoms with E-state index in [1.54, 1.807) is 11.8 Å². The molecule has 2 N–H and O–H groups in total. The summed E-state index contributed by atoms with van der Waals surface area (Å²) in [6, 6.07) is 16.3. The highest BCUT2D eigenvalue weighted by molar-refractivity contribution is 7.99. The Bertz CT molecular complexity index is 795. The van der Waals surface area contributed by atoms with Crippen LogP contribution in [0.25, 0.3) is 11.0 Å². The van der Waals surface area contributed by atoms with Crippen LogP contribution < -0.4 is 5.32 Å². The molecule has 4 nitrogen and oxygen atoms in total. The van der Waals surface area contributed by atoms with E-state index in [4.69, 9.17) is 0 Å². The molecular formula is C19H21N3OS. The molecule has 1 amide bonds. The number of H-pyrrole nitrogens is 1. The number of benzene rings is 2. The van der Waals surface area contributed by atoms with E-state index >= 15 is 0 Å². The molecule has 0 aliphatic heterocycles. The summed E-state index contributed by atoms with van der Waals surface area (Å²) in [6.45, 7) is 2.68. The van der Waals surface area contributed by atoms with Crippen LogP contribution in [0.4, 0.5) is 0 Å². The van der Waals surface area contributed by atoms with Crippen LogP contribution in [0.5, 0.6) is 0 Å². The molecular weight excluding hydrogens is 318 g/mol. The van der Waals surface area contributed by atoms with Crippen molar-refractivity contribution in [1.29, 1.82) is 0 Å². The van der Waals surface area contributed by atoms with Crippen molar-refractivity contribution < 1.29 is 4.79 Å². The molecule has 0 atom stereocenters. The van der Waals surface area contributed by atoms with Gasteiger partial charge in [0, 0.05) is 18.7 Å². The van der Waals surface area contributed by atoms with Gasteiger partial charge in [0.25, 0.3) is 0 Å². The highest BCUT2D eigenvalue weighted by Gasteiger charge is 2.04.